The van der Waals surface area contributed by atoms with Gasteiger partial charge in [-0.1, -0.05) is 49.7 Å². The van der Waals surface area contributed by atoms with E-state index in [1.54, 1.807) is 0 Å². The van der Waals surface area contributed by atoms with Crippen molar-refractivity contribution in [3.63, 3.8) is 0 Å². The van der Waals surface area contributed by atoms with Gasteiger partial charge in [0.15, 0.2) is 0 Å². The van der Waals surface area contributed by atoms with Crippen LogP contribution in [0.4, 0.5) is 0 Å². The predicted molar refractivity (Wildman–Crippen MR) is 94.4 cm³/mol. The summed E-state index contributed by atoms with van der Waals surface area (Å²) in [6, 6.07) is 17.2. The van der Waals surface area contributed by atoms with Crippen LogP contribution in [0.5, 0.6) is 0 Å². The van der Waals surface area contributed by atoms with Crippen molar-refractivity contribution in [2.45, 2.75) is 31.2 Å². The molecule has 1 N–H and O–H groups in total. The average Bonchev–Trinajstić information content (AvgIpc) is 2.51. The maximum absolute atomic E-state index is 6.00. The Morgan fingerprint density at radius 2 is 1.52 bits per heavy atom. The summed E-state index contributed by atoms with van der Waals surface area (Å²) < 4.78 is 0. The van der Waals surface area contributed by atoms with Crippen molar-refractivity contribution in [2.24, 2.45) is 0 Å². The van der Waals surface area contributed by atoms with Gasteiger partial charge in [-0.25, -0.2) is 0 Å². The summed E-state index contributed by atoms with van der Waals surface area (Å²) in [6.45, 7) is 5.36. The van der Waals surface area contributed by atoms with E-state index in [4.69, 9.17) is 11.6 Å². The van der Waals surface area contributed by atoms with Gasteiger partial charge in [-0.3, -0.25) is 0 Å². The van der Waals surface area contributed by atoms with E-state index in [0.29, 0.717) is 0 Å². The van der Waals surface area contributed by atoms with Crippen LogP contribution < -0.4 is 5.32 Å². The highest BCUT2D eigenvalue weighted by atomic mass is 35.5. The van der Waals surface area contributed by atoms with E-state index in [0.717, 1.165) is 23.7 Å². The number of halogens is 1. The van der Waals surface area contributed by atoms with Gasteiger partial charge in [0.1, 0.15) is 0 Å². The standard InChI is InChI=1S/C18H22ClNS/c1-3-13-20-18(14-5-9-16(19)10-6-14)15-7-11-17(12-8-15)21-4-2/h5-12,18,20H,3-4,13H2,1-2H3. The second-order valence-corrected chi connectivity index (χ2v) is 6.71. The Balaban J connectivity index is 2.24. The fourth-order valence-corrected chi connectivity index (χ4v) is 3.08. The summed E-state index contributed by atoms with van der Waals surface area (Å²) in [5, 5.41) is 4.40. The third-order valence-electron chi connectivity index (χ3n) is 3.33. The molecular formula is C18H22ClNS. The van der Waals surface area contributed by atoms with Gasteiger partial charge in [0.25, 0.3) is 0 Å². The molecule has 0 aliphatic heterocycles. The van der Waals surface area contributed by atoms with Crippen molar-refractivity contribution in [3.05, 3.63) is 64.7 Å². The molecule has 21 heavy (non-hydrogen) atoms. The smallest absolute Gasteiger partial charge is 0.0576 e. The van der Waals surface area contributed by atoms with Crippen LogP contribution in [-0.2, 0) is 0 Å². The first-order valence-electron chi connectivity index (χ1n) is 7.46. The topological polar surface area (TPSA) is 12.0 Å². The van der Waals surface area contributed by atoms with Gasteiger partial charge >= 0.3 is 0 Å². The molecule has 2 aromatic rings. The van der Waals surface area contributed by atoms with Crippen molar-refractivity contribution < 1.29 is 0 Å². The molecule has 2 aromatic carbocycles. The van der Waals surface area contributed by atoms with Crippen LogP contribution in [0.2, 0.25) is 5.02 Å². The second-order valence-electron chi connectivity index (χ2n) is 4.94. The molecule has 1 atom stereocenters. The summed E-state index contributed by atoms with van der Waals surface area (Å²) in [7, 11) is 0. The lowest BCUT2D eigenvalue weighted by Gasteiger charge is -2.20. The largest absolute Gasteiger partial charge is 0.306 e. The molecular weight excluding hydrogens is 298 g/mol. The monoisotopic (exact) mass is 319 g/mol. The van der Waals surface area contributed by atoms with Crippen LogP contribution in [0.25, 0.3) is 0 Å². The van der Waals surface area contributed by atoms with Crippen LogP contribution >= 0.6 is 23.4 Å². The van der Waals surface area contributed by atoms with E-state index in [2.05, 4.69) is 55.6 Å². The van der Waals surface area contributed by atoms with E-state index >= 15 is 0 Å². The number of benzene rings is 2. The van der Waals surface area contributed by atoms with Crippen molar-refractivity contribution in [1.82, 2.24) is 5.32 Å². The molecule has 0 saturated heterocycles. The van der Waals surface area contributed by atoms with E-state index in [9.17, 15) is 0 Å². The highest BCUT2D eigenvalue weighted by molar-refractivity contribution is 7.99. The van der Waals surface area contributed by atoms with E-state index in [1.807, 2.05) is 23.9 Å². The molecule has 0 radical (unpaired) electrons. The number of nitrogens with one attached hydrogen (secondary N) is 1. The maximum Gasteiger partial charge on any atom is 0.0576 e. The zero-order chi connectivity index (χ0) is 15.1. The Bertz CT molecular complexity index is 536. The second kappa shape index (κ2) is 8.47. The lowest BCUT2D eigenvalue weighted by molar-refractivity contribution is 0.598. The van der Waals surface area contributed by atoms with Gasteiger partial charge in [-0.2, -0.15) is 0 Å². The first-order valence-corrected chi connectivity index (χ1v) is 8.82. The molecule has 3 heteroatoms. The zero-order valence-electron chi connectivity index (χ0n) is 12.6. The summed E-state index contributed by atoms with van der Waals surface area (Å²) in [4.78, 5) is 1.33. The molecule has 1 unspecified atom stereocenters. The van der Waals surface area contributed by atoms with E-state index in [-0.39, 0.29) is 6.04 Å². The molecule has 0 amide bonds. The zero-order valence-corrected chi connectivity index (χ0v) is 14.2. The van der Waals surface area contributed by atoms with Crippen molar-refractivity contribution in [1.29, 1.82) is 0 Å². The molecule has 112 valence electrons. The average molecular weight is 320 g/mol. The molecule has 2 rings (SSSR count). The SMILES string of the molecule is CCCNC(c1ccc(Cl)cc1)c1ccc(SCC)cc1. The minimum absolute atomic E-state index is 0.225. The molecule has 0 heterocycles. The number of thioether (sulfide) groups is 1. The fourth-order valence-electron chi connectivity index (χ4n) is 2.30. The van der Waals surface area contributed by atoms with Crippen LogP contribution in [0, 0.1) is 0 Å². The molecule has 0 fully saturated rings. The van der Waals surface area contributed by atoms with Crippen molar-refractivity contribution in [2.75, 3.05) is 12.3 Å². The van der Waals surface area contributed by atoms with Gasteiger partial charge in [0.2, 0.25) is 0 Å². The lowest BCUT2D eigenvalue weighted by atomic mass is 9.98. The quantitative estimate of drug-likeness (QED) is 0.672. The highest BCUT2D eigenvalue weighted by Gasteiger charge is 2.13. The third-order valence-corrected chi connectivity index (χ3v) is 4.47. The normalized spacial score (nSPS) is 12.3. The molecule has 1 nitrogen and oxygen atoms in total. The summed E-state index contributed by atoms with van der Waals surface area (Å²) in [5.74, 6) is 1.11. The Morgan fingerprint density at radius 3 is 2.05 bits per heavy atom. The number of hydrogen-bond donors (Lipinski definition) is 1. The molecule has 0 aromatic heterocycles. The minimum Gasteiger partial charge on any atom is -0.306 e. The van der Waals surface area contributed by atoms with Crippen LogP contribution in [0.15, 0.2) is 53.4 Å². The minimum atomic E-state index is 0.225. The highest BCUT2D eigenvalue weighted by Crippen LogP contribution is 2.26. The van der Waals surface area contributed by atoms with Gasteiger partial charge < -0.3 is 5.32 Å². The molecule has 0 saturated carbocycles. The molecule has 0 aliphatic rings. The Morgan fingerprint density at radius 1 is 0.952 bits per heavy atom. The van der Waals surface area contributed by atoms with Crippen molar-refractivity contribution in [3.8, 4) is 0 Å². The third kappa shape index (κ3) is 4.77. The Kier molecular flexibility index (Phi) is 6.62. The van der Waals surface area contributed by atoms with Gasteiger partial charge in [0.05, 0.1) is 6.04 Å². The summed E-state index contributed by atoms with van der Waals surface area (Å²) >= 11 is 7.87. The van der Waals surface area contributed by atoms with Gasteiger partial charge in [-0.15, -0.1) is 11.8 Å². The fraction of sp³-hybridized carbons (Fsp3) is 0.333. The Hall–Kier alpha value is -0.960. The van der Waals surface area contributed by atoms with Gasteiger partial charge in [0, 0.05) is 9.92 Å². The lowest BCUT2D eigenvalue weighted by Crippen LogP contribution is -2.23. The molecule has 0 aliphatic carbocycles. The van der Waals surface area contributed by atoms with Crippen LogP contribution in [0.3, 0.4) is 0 Å². The van der Waals surface area contributed by atoms with Gasteiger partial charge in [-0.05, 0) is 54.1 Å². The predicted octanol–water partition coefficient (Wildman–Crippen LogP) is 5.54. The number of hydrogen-bond acceptors (Lipinski definition) is 2. The summed E-state index contributed by atoms with van der Waals surface area (Å²) in [6.07, 6.45) is 1.12. The molecule has 0 spiro atoms. The van der Waals surface area contributed by atoms with Crippen molar-refractivity contribution >= 4 is 23.4 Å². The van der Waals surface area contributed by atoms with E-state index < -0.39 is 0 Å². The van der Waals surface area contributed by atoms with Crippen LogP contribution in [-0.4, -0.2) is 12.3 Å². The first-order chi connectivity index (χ1) is 10.2. The molecule has 0 bridgehead atoms. The number of rotatable bonds is 7. The first kappa shape index (κ1) is 16.4. The Labute approximate surface area is 137 Å². The maximum atomic E-state index is 6.00. The van der Waals surface area contributed by atoms with Crippen LogP contribution in [0.1, 0.15) is 37.4 Å². The van der Waals surface area contributed by atoms with E-state index in [1.165, 1.54) is 16.0 Å². The summed E-state index contributed by atoms with van der Waals surface area (Å²) in [5.41, 5.74) is 2.55.